The molecule has 4 nitrogen and oxygen atoms in total. The lowest BCUT2D eigenvalue weighted by atomic mass is 9.93. The van der Waals surface area contributed by atoms with Gasteiger partial charge in [-0.3, -0.25) is 0 Å². The maximum Gasteiger partial charge on any atom is 0.168 e. The number of carbonyl (C=O) groups excluding carboxylic acids is 1. The Hall–Kier alpha value is -0.920. The molecule has 0 aromatic heterocycles. The molecule has 2 fully saturated rings. The van der Waals surface area contributed by atoms with Crippen LogP contribution < -0.4 is 0 Å². The van der Waals surface area contributed by atoms with Crippen LogP contribution in [-0.2, 0) is 14.3 Å². The van der Waals surface area contributed by atoms with Crippen LogP contribution in [0.5, 0.6) is 0 Å². The predicted molar refractivity (Wildman–Crippen MR) is 47.1 cm³/mol. The van der Waals surface area contributed by atoms with Crippen LogP contribution in [0.15, 0.2) is 0 Å². The highest BCUT2D eigenvalue weighted by atomic mass is 16.7. The lowest BCUT2D eigenvalue weighted by molar-refractivity contribution is -0.153. The number of hydrogen-bond acceptors (Lipinski definition) is 4. The summed E-state index contributed by atoms with van der Waals surface area (Å²) < 4.78 is 11.0. The summed E-state index contributed by atoms with van der Waals surface area (Å²) in [6, 6.07) is 2.02. The molecule has 2 aliphatic rings. The van der Waals surface area contributed by atoms with E-state index in [1.165, 1.54) is 0 Å². The first kappa shape index (κ1) is 9.63. The van der Waals surface area contributed by atoms with Crippen LogP contribution in [0.2, 0.25) is 0 Å². The summed E-state index contributed by atoms with van der Waals surface area (Å²) in [6.45, 7) is 1.26. The van der Waals surface area contributed by atoms with Gasteiger partial charge in [-0.2, -0.15) is 5.26 Å². The third-order valence-corrected chi connectivity index (χ3v) is 3.09. The first-order chi connectivity index (χ1) is 6.79. The molecule has 0 aromatic rings. The first-order valence-electron chi connectivity index (χ1n) is 4.92. The van der Waals surface area contributed by atoms with E-state index >= 15 is 0 Å². The molecule has 14 heavy (non-hydrogen) atoms. The molecule has 0 amide bonds. The van der Waals surface area contributed by atoms with E-state index in [-0.39, 0.29) is 5.92 Å². The molecule has 4 heteroatoms. The second kappa shape index (κ2) is 3.68. The fourth-order valence-electron chi connectivity index (χ4n) is 2.32. The number of nitriles is 1. The molecule has 0 aromatic carbocycles. The van der Waals surface area contributed by atoms with Crippen molar-refractivity contribution in [2.75, 3.05) is 13.2 Å². The Kier molecular flexibility index (Phi) is 2.53. The molecule has 1 aliphatic heterocycles. The Bertz CT molecular complexity index is 265. The molecule has 2 rings (SSSR count). The molecule has 2 atom stereocenters. The first-order valence-corrected chi connectivity index (χ1v) is 4.92. The maximum absolute atomic E-state index is 10.6. The number of rotatable bonds is 2. The number of nitrogens with zero attached hydrogens (tertiary/aromatic N) is 1. The van der Waals surface area contributed by atoms with Crippen LogP contribution in [0.3, 0.4) is 0 Å². The fraction of sp³-hybridized carbons (Fsp3) is 0.800. The van der Waals surface area contributed by atoms with Gasteiger partial charge in [0.2, 0.25) is 0 Å². The maximum atomic E-state index is 10.6. The Morgan fingerprint density at radius 3 is 2.79 bits per heavy atom. The van der Waals surface area contributed by atoms with Crippen molar-refractivity contribution in [1.29, 1.82) is 5.26 Å². The molecular weight excluding hydrogens is 182 g/mol. The minimum atomic E-state index is -0.498. The largest absolute Gasteiger partial charge is 0.348 e. The zero-order chi connectivity index (χ0) is 10.0. The van der Waals surface area contributed by atoms with Crippen LogP contribution in [0.25, 0.3) is 0 Å². The van der Waals surface area contributed by atoms with E-state index in [2.05, 4.69) is 0 Å². The minimum absolute atomic E-state index is 0.107. The Labute approximate surface area is 82.8 Å². The third-order valence-electron chi connectivity index (χ3n) is 3.09. The van der Waals surface area contributed by atoms with Crippen molar-refractivity contribution in [2.24, 2.45) is 11.8 Å². The number of aldehydes is 1. The summed E-state index contributed by atoms with van der Waals surface area (Å²) in [5.41, 5.74) is 0. The van der Waals surface area contributed by atoms with Gasteiger partial charge in [-0.05, 0) is 12.3 Å². The van der Waals surface area contributed by atoms with Crippen LogP contribution in [-0.4, -0.2) is 25.3 Å². The van der Waals surface area contributed by atoms with Crippen molar-refractivity contribution in [3.63, 3.8) is 0 Å². The summed E-state index contributed by atoms with van der Waals surface area (Å²) in [5.74, 6) is -0.860. The van der Waals surface area contributed by atoms with Gasteiger partial charge < -0.3 is 14.3 Å². The lowest BCUT2D eigenvalue weighted by Crippen LogP contribution is -2.27. The summed E-state index contributed by atoms with van der Waals surface area (Å²) in [4.78, 5) is 10.6. The third kappa shape index (κ3) is 1.54. The van der Waals surface area contributed by atoms with Gasteiger partial charge >= 0.3 is 0 Å². The molecule has 0 radical (unpaired) electrons. The van der Waals surface area contributed by atoms with Gasteiger partial charge in [0, 0.05) is 12.8 Å². The van der Waals surface area contributed by atoms with Crippen molar-refractivity contribution < 1.29 is 14.3 Å². The van der Waals surface area contributed by atoms with E-state index in [4.69, 9.17) is 14.7 Å². The quantitative estimate of drug-likeness (QED) is 0.613. The molecule has 1 heterocycles. The molecule has 2 unspecified atom stereocenters. The summed E-state index contributed by atoms with van der Waals surface area (Å²) in [5, 5.41) is 8.75. The summed E-state index contributed by atoms with van der Waals surface area (Å²) in [6.07, 6.45) is 3.07. The van der Waals surface area contributed by atoms with E-state index in [0.717, 1.165) is 19.1 Å². The van der Waals surface area contributed by atoms with E-state index < -0.39 is 11.7 Å². The Balaban J connectivity index is 2.00. The highest BCUT2D eigenvalue weighted by Crippen LogP contribution is 2.43. The Morgan fingerprint density at radius 1 is 1.50 bits per heavy atom. The molecule has 0 N–H and O–H groups in total. The molecule has 1 saturated heterocycles. The van der Waals surface area contributed by atoms with E-state index in [0.29, 0.717) is 19.6 Å². The number of ether oxygens (including phenoxy) is 2. The van der Waals surface area contributed by atoms with Gasteiger partial charge in [-0.1, -0.05) is 0 Å². The highest BCUT2D eigenvalue weighted by molar-refractivity contribution is 5.58. The smallest absolute Gasteiger partial charge is 0.168 e. The van der Waals surface area contributed by atoms with Gasteiger partial charge in [0.1, 0.15) is 12.2 Å². The van der Waals surface area contributed by atoms with E-state index in [9.17, 15) is 4.79 Å². The molecule has 1 aliphatic carbocycles. The zero-order valence-electron chi connectivity index (χ0n) is 7.94. The van der Waals surface area contributed by atoms with Gasteiger partial charge in [-0.15, -0.1) is 0 Å². The van der Waals surface area contributed by atoms with Crippen molar-refractivity contribution in [3.05, 3.63) is 0 Å². The molecule has 1 saturated carbocycles. The zero-order valence-corrected chi connectivity index (χ0v) is 7.94. The van der Waals surface area contributed by atoms with Gasteiger partial charge in [0.15, 0.2) is 5.79 Å². The molecular formula is C10H13NO3. The van der Waals surface area contributed by atoms with Crippen molar-refractivity contribution in [3.8, 4) is 6.07 Å². The molecule has 0 bridgehead atoms. The summed E-state index contributed by atoms with van der Waals surface area (Å²) in [7, 11) is 0. The normalized spacial score (nSPS) is 31.5. The monoisotopic (exact) mass is 195 g/mol. The van der Waals surface area contributed by atoms with Gasteiger partial charge in [-0.25, -0.2) is 0 Å². The highest BCUT2D eigenvalue weighted by Gasteiger charge is 2.46. The lowest BCUT2D eigenvalue weighted by Gasteiger charge is -2.21. The van der Waals surface area contributed by atoms with Crippen molar-refractivity contribution in [1.82, 2.24) is 0 Å². The van der Waals surface area contributed by atoms with E-state index in [1.807, 2.05) is 6.07 Å². The standard InChI is InChI=1S/C10H13NO3/c11-6-9(7-12)8-1-2-10(5-8)13-3-4-14-10/h7-9H,1-5H2. The minimum Gasteiger partial charge on any atom is -0.348 e. The van der Waals surface area contributed by atoms with Crippen molar-refractivity contribution in [2.45, 2.75) is 25.0 Å². The molecule has 76 valence electrons. The summed E-state index contributed by atoms with van der Waals surface area (Å²) >= 11 is 0. The predicted octanol–water partition coefficient (Wildman–Crippen LogP) is 0.868. The van der Waals surface area contributed by atoms with Crippen LogP contribution in [0, 0.1) is 23.2 Å². The van der Waals surface area contributed by atoms with Crippen LogP contribution >= 0.6 is 0 Å². The number of hydrogen-bond donors (Lipinski definition) is 0. The average molecular weight is 195 g/mol. The Morgan fingerprint density at radius 2 is 2.21 bits per heavy atom. The second-order valence-electron chi connectivity index (χ2n) is 3.90. The second-order valence-corrected chi connectivity index (χ2v) is 3.90. The average Bonchev–Trinajstić information content (AvgIpc) is 2.81. The van der Waals surface area contributed by atoms with Crippen molar-refractivity contribution >= 4 is 6.29 Å². The molecule has 1 spiro atoms. The fourth-order valence-corrected chi connectivity index (χ4v) is 2.32. The van der Waals surface area contributed by atoms with Gasteiger partial charge in [0.05, 0.1) is 19.3 Å². The topological polar surface area (TPSA) is 59.3 Å². The SMILES string of the molecule is N#CC(C=O)C1CCC2(C1)OCCO2. The van der Waals surface area contributed by atoms with Crippen LogP contribution in [0.1, 0.15) is 19.3 Å². The van der Waals surface area contributed by atoms with Crippen LogP contribution in [0.4, 0.5) is 0 Å². The van der Waals surface area contributed by atoms with E-state index in [1.54, 1.807) is 0 Å². The number of carbonyl (C=O) groups is 1. The van der Waals surface area contributed by atoms with Gasteiger partial charge in [0.25, 0.3) is 0 Å².